The highest BCUT2D eigenvalue weighted by atomic mass is 35.5. The van der Waals surface area contributed by atoms with Gasteiger partial charge < -0.3 is 15.5 Å². The highest BCUT2D eigenvalue weighted by Crippen LogP contribution is 2.18. The second-order valence-electron chi connectivity index (χ2n) is 7.52. The van der Waals surface area contributed by atoms with Crippen molar-refractivity contribution in [2.45, 2.75) is 45.7 Å². The van der Waals surface area contributed by atoms with Crippen molar-refractivity contribution < 1.29 is 14.4 Å². The largest absolute Gasteiger partial charge is 0.350 e. The number of benzene rings is 1. The topological polar surface area (TPSA) is 91.4 Å². The number of carbonyl (C=O) groups is 3. The number of nitrogens with zero attached hydrogens (tertiary/aromatic N) is 2. The normalized spacial score (nSPS) is 11.0. The van der Waals surface area contributed by atoms with Gasteiger partial charge in [0.2, 0.25) is 17.7 Å². The fourth-order valence-corrected chi connectivity index (χ4v) is 3.28. The average Bonchev–Trinajstić information content (AvgIpc) is 3.12. The van der Waals surface area contributed by atoms with E-state index in [4.69, 9.17) is 11.6 Å². The molecular weight excluding hydrogens is 412 g/mol. The van der Waals surface area contributed by atoms with Crippen LogP contribution in [0.25, 0.3) is 0 Å². The van der Waals surface area contributed by atoms with Crippen molar-refractivity contribution in [3.63, 3.8) is 0 Å². The maximum Gasteiger partial charge on any atom is 0.240 e. The van der Waals surface area contributed by atoms with Gasteiger partial charge in [0.05, 0.1) is 6.54 Å². The first-order chi connectivity index (χ1) is 13.6. The number of halogens is 1. The molecule has 1 heterocycles. The van der Waals surface area contributed by atoms with Crippen molar-refractivity contribution in [1.82, 2.24) is 15.2 Å². The van der Waals surface area contributed by atoms with Crippen LogP contribution in [0.3, 0.4) is 0 Å². The summed E-state index contributed by atoms with van der Waals surface area (Å²) in [4.78, 5) is 42.6. The Labute approximate surface area is 179 Å². The molecule has 0 aliphatic carbocycles. The van der Waals surface area contributed by atoms with Crippen molar-refractivity contribution in [3.8, 4) is 0 Å². The van der Waals surface area contributed by atoms with Crippen molar-refractivity contribution >= 4 is 45.8 Å². The zero-order valence-corrected chi connectivity index (χ0v) is 18.3. The van der Waals surface area contributed by atoms with Gasteiger partial charge in [-0.05, 0) is 32.4 Å². The van der Waals surface area contributed by atoms with E-state index in [9.17, 15) is 14.4 Å². The first kappa shape index (κ1) is 22.8. The van der Waals surface area contributed by atoms with E-state index in [2.05, 4.69) is 15.6 Å². The zero-order chi connectivity index (χ0) is 21.4. The second-order valence-corrected chi connectivity index (χ2v) is 8.83. The van der Waals surface area contributed by atoms with Gasteiger partial charge in [0.1, 0.15) is 0 Å². The fourth-order valence-electron chi connectivity index (χ4n) is 2.54. The molecule has 0 aliphatic heterocycles. The Balaban J connectivity index is 2.02. The minimum atomic E-state index is -0.413. The maximum absolute atomic E-state index is 12.8. The Bertz CT molecular complexity index is 850. The molecule has 0 saturated heterocycles. The minimum absolute atomic E-state index is 0.00166. The number of rotatable bonds is 8. The lowest BCUT2D eigenvalue weighted by Gasteiger charge is -2.26. The number of anilines is 1. The number of nitrogens with one attached hydrogen (secondary N) is 2. The van der Waals surface area contributed by atoms with Crippen LogP contribution in [0.5, 0.6) is 0 Å². The molecule has 0 unspecified atom stereocenters. The molecule has 0 atom stereocenters. The summed E-state index contributed by atoms with van der Waals surface area (Å²) in [6, 6.07) is 7.16. The van der Waals surface area contributed by atoms with Crippen molar-refractivity contribution in [2.75, 3.05) is 11.9 Å². The molecule has 2 N–H and O–H groups in total. The van der Waals surface area contributed by atoms with E-state index in [0.717, 1.165) is 5.56 Å². The molecule has 0 radical (unpaired) electrons. The third kappa shape index (κ3) is 8.21. The molecular formula is C20H25ClN4O3S. The lowest BCUT2D eigenvalue weighted by molar-refractivity contribution is -0.137. The number of thiazole rings is 1. The standard InChI is InChI=1S/C20H25ClN4O3S/c1-20(2,3)24-17(27)13-25(12-14-6-4-5-7-15(14)21)18(28)9-8-16(26)23-19-22-10-11-29-19/h4-7,10-11H,8-9,12-13H2,1-3H3,(H,24,27)(H,22,23,26). The predicted molar refractivity (Wildman–Crippen MR) is 115 cm³/mol. The summed E-state index contributed by atoms with van der Waals surface area (Å²) in [6.07, 6.45) is 1.56. The molecule has 9 heteroatoms. The number of hydrogen-bond donors (Lipinski definition) is 2. The van der Waals surface area contributed by atoms with Crippen molar-refractivity contribution in [3.05, 3.63) is 46.4 Å². The Morgan fingerprint density at radius 1 is 1.14 bits per heavy atom. The Kier molecular flexibility index (Phi) is 8.16. The third-order valence-electron chi connectivity index (χ3n) is 3.77. The Morgan fingerprint density at radius 3 is 2.48 bits per heavy atom. The van der Waals surface area contributed by atoms with Gasteiger partial charge in [-0.15, -0.1) is 11.3 Å². The molecule has 1 aromatic carbocycles. The van der Waals surface area contributed by atoms with Crippen LogP contribution in [0.15, 0.2) is 35.8 Å². The summed E-state index contributed by atoms with van der Waals surface area (Å²) in [5.74, 6) is -0.876. The molecule has 0 aliphatic rings. The molecule has 0 bridgehead atoms. The van der Waals surface area contributed by atoms with E-state index in [-0.39, 0.29) is 43.7 Å². The van der Waals surface area contributed by atoms with E-state index in [1.165, 1.54) is 16.2 Å². The highest BCUT2D eigenvalue weighted by Gasteiger charge is 2.22. The number of carbonyl (C=O) groups excluding carboxylic acids is 3. The zero-order valence-electron chi connectivity index (χ0n) is 16.7. The van der Waals surface area contributed by atoms with Gasteiger partial charge >= 0.3 is 0 Å². The first-order valence-electron chi connectivity index (χ1n) is 9.15. The Morgan fingerprint density at radius 2 is 1.86 bits per heavy atom. The monoisotopic (exact) mass is 436 g/mol. The van der Waals surface area contributed by atoms with Crippen LogP contribution < -0.4 is 10.6 Å². The summed E-state index contributed by atoms with van der Waals surface area (Å²) < 4.78 is 0. The van der Waals surface area contributed by atoms with Gasteiger partial charge in [0.25, 0.3) is 0 Å². The summed E-state index contributed by atoms with van der Waals surface area (Å²) in [5.41, 5.74) is 0.322. The van der Waals surface area contributed by atoms with Gasteiger partial charge in [0, 0.05) is 41.5 Å². The summed E-state index contributed by atoms with van der Waals surface area (Å²) in [5, 5.41) is 8.24. The first-order valence-corrected chi connectivity index (χ1v) is 10.4. The molecule has 156 valence electrons. The fraction of sp³-hybridized carbons (Fsp3) is 0.400. The summed E-state index contributed by atoms with van der Waals surface area (Å²) in [6.45, 7) is 5.68. The quantitative estimate of drug-likeness (QED) is 0.662. The molecule has 0 spiro atoms. The van der Waals surface area contributed by atoms with Gasteiger partial charge in [-0.25, -0.2) is 4.98 Å². The van der Waals surface area contributed by atoms with E-state index >= 15 is 0 Å². The van der Waals surface area contributed by atoms with Gasteiger partial charge in [-0.2, -0.15) is 0 Å². The van der Waals surface area contributed by atoms with Crippen molar-refractivity contribution in [1.29, 1.82) is 0 Å². The van der Waals surface area contributed by atoms with Crippen molar-refractivity contribution in [2.24, 2.45) is 0 Å². The molecule has 29 heavy (non-hydrogen) atoms. The molecule has 2 aromatic rings. The van der Waals surface area contributed by atoms with Gasteiger partial charge in [0.15, 0.2) is 5.13 Å². The lowest BCUT2D eigenvalue weighted by atomic mass is 10.1. The van der Waals surface area contributed by atoms with Crippen LogP contribution in [0.4, 0.5) is 5.13 Å². The van der Waals surface area contributed by atoms with Crippen LogP contribution in [0.1, 0.15) is 39.2 Å². The van der Waals surface area contributed by atoms with Crippen LogP contribution in [-0.2, 0) is 20.9 Å². The van der Waals surface area contributed by atoms with Gasteiger partial charge in [-0.3, -0.25) is 14.4 Å². The molecule has 2 rings (SSSR count). The van der Waals surface area contributed by atoms with E-state index in [0.29, 0.717) is 10.2 Å². The second kappa shape index (κ2) is 10.4. The van der Waals surface area contributed by atoms with Crippen LogP contribution >= 0.6 is 22.9 Å². The maximum atomic E-state index is 12.8. The van der Waals surface area contributed by atoms with E-state index in [1.807, 2.05) is 26.8 Å². The average molecular weight is 437 g/mol. The van der Waals surface area contributed by atoms with Gasteiger partial charge in [-0.1, -0.05) is 29.8 Å². The third-order valence-corrected chi connectivity index (χ3v) is 4.82. The number of aromatic nitrogens is 1. The number of amides is 3. The van der Waals surface area contributed by atoms with E-state index < -0.39 is 5.54 Å². The predicted octanol–water partition coefficient (Wildman–Crippen LogP) is 3.46. The smallest absolute Gasteiger partial charge is 0.240 e. The lowest BCUT2D eigenvalue weighted by Crippen LogP contribution is -2.47. The van der Waals surface area contributed by atoms with Crippen LogP contribution in [0.2, 0.25) is 5.02 Å². The van der Waals surface area contributed by atoms with Crippen LogP contribution in [-0.4, -0.2) is 39.7 Å². The molecule has 0 fully saturated rings. The van der Waals surface area contributed by atoms with E-state index in [1.54, 1.807) is 29.8 Å². The Hall–Kier alpha value is -2.45. The molecule has 3 amide bonds. The summed E-state index contributed by atoms with van der Waals surface area (Å²) in [7, 11) is 0. The molecule has 7 nitrogen and oxygen atoms in total. The molecule has 0 saturated carbocycles. The minimum Gasteiger partial charge on any atom is -0.350 e. The molecule has 1 aromatic heterocycles. The van der Waals surface area contributed by atoms with Crippen LogP contribution in [0, 0.1) is 0 Å². The highest BCUT2D eigenvalue weighted by molar-refractivity contribution is 7.13. The number of hydrogen-bond acceptors (Lipinski definition) is 5. The summed E-state index contributed by atoms with van der Waals surface area (Å²) >= 11 is 7.52. The SMILES string of the molecule is CC(C)(C)NC(=O)CN(Cc1ccccc1Cl)C(=O)CCC(=O)Nc1nccs1.